The molecule has 0 spiro atoms. The molecule has 0 saturated carbocycles. The molecule has 184 valence electrons. The fourth-order valence-electron chi connectivity index (χ4n) is 3.25. The van der Waals surface area contributed by atoms with E-state index in [1.54, 1.807) is 48.5 Å². The summed E-state index contributed by atoms with van der Waals surface area (Å²) in [7, 11) is 1.77. The maximum absolute atomic E-state index is 14.0. The highest BCUT2D eigenvalue weighted by Gasteiger charge is 2.31. The quantitative estimate of drug-likeness (QED) is 0.256. The number of anilines is 6. The summed E-state index contributed by atoms with van der Waals surface area (Å²) in [4.78, 5) is 22.8. The average Bonchev–Trinajstić information content (AvgIpc) is 2.85. The van der Waals surface area contributed by atoms with Gasteiger partial charge in [-0.2, -0.15) is 18.2 Å². The number of halogens is 4. The topological polar surface area (TPSA) is 82.2 Å². The molecule has 0 fully saturated rings. The lowest BCUT2D eigenvalue weighted by Gasteiger charge is -2.20. The predicted octanol–water partition coefficient (Wildman–Crippen LogP) is 6.79. The van der Waals surface area contributed by atoms with Crippen LogP contribution in [0.5, 0.6) is 0 Å². The highest BCUT2D eigenvalue weighted by molar-refractivity contribution is 6.00. The first-order valence-electron chi connectivity index (χ1n) is 10.6. The summed E-state index contributed by atoms with van der Waals surface area (Å²) >= 11 is 0. The SMILES string of the molecule is CN(c1cccc(NC(=O)Nc2cc(C(F)(F)F)ccc2F)c1)c1ccnc(Nc2ccccc2)n1. The van der Waals surface area contributed by atoms with E-state index >= 15 is 0 Å². The zero-order valence-electron chi connectivity index (χ0n) is 18.8. The Morgan fingerprint density at radius 3 is 2.39 bits per heavy atom. The Morgan fingerprint density at radius 1 is 0.889 bits per heavy atom. The Labute approximate surface area is 203 Å². The number of urea groups is 1. The monoisotopic (exact) mass is 496 g/mol. The molecule has 0 aliphatic heterocycles. The standard InChI is InChI=1S/C25H20F4N6O/c1-35(22-12-13-30-23(34-22)31-17-6-3-2-4-7-17)19-9-5-8-18(15-19)32-24(36)33-21-14-16(25(27,28)29)10-11-20(21)26/h2-15H,1H3,(H,30,31,34)(H2,32,33,36). The second-order valence-corrected chi connectivity index (χ2v) is 7.61. The lowest BCUT2D eigenvalue weighted by Crippen LogP contribution is -2.21. The summed E-state index contributed by atoms with van der Waals surface area (Å²) < 4.78 is 52.7. The van der Waals surface area contributed by atoms with Crippen LogP contribution in [-0.2, 0) is 6.18 Å². The minimum absolute atomic E-state index is 0.334. The molecule has 0 unspecified atom stereocenters. The van der Waals surface area contributed by atoms with Crippen molar-refractivity contribution in [1.82, 2.24) is 9.97 Å². The van der Waals surface area contributed by atoms with E-state index in [1.807, 2.05) is 30.3 Å². The van der Waals surface area contributed by atoms with Gasteiger partial charge in [0.25, 0.3) is 0 Å². The van der Waals surface area contributed by atoms with E-state index in [0.717, 1.165) is 5.69 Å². The van der Waals surface area contributed by atoms with Crippen LogP contribution in [0.15, 0.2) is 85.1 Å². The molecule has 3 aromatic carbocycles. The molecule has 1 aromatic heterocycles. The first-order valence-corrected chi connectivity index (χ1v) is 10.6. The Balaban J connectivity index is 1.46. The van der Waals surface area contributed by atoms with Gasteiger partial charge >= 0.3 is 12.2 Å². The molecular weight excluding hydrogens is 476 g/mol. The summed E-state index contributed by atoms with van der Waals surface area (Å²) in [6.07, 6.45) is -3.07. The molecule has 0 aliphatic carbocycles. The van der Waals surface area contributed by atoms with Crippen LogP contribution in [0.3, 0.4) is 0 Å². The van der Waals surface area contributed by atoms with Crippen LogP contribution in [-0.4, -0.2) is 23.0 Å². The van der Waals surface area contributed by atoms with Crippen molar-refractivity contribution in [2.75, 3.05) is 27.9 Å². The third kappa shape index (κ3) is 6.06. The second kappa shape index (κ2) is 10.3. The zero-order chi connectivity index (χ0) is 25.7. The van der Waals surface area contributed by atoms with Gasteiger partial charge in [0.15, 0.2) is 0 Å². The maximum atomic E-state index is 14.0. The minimum atomic E-state index is -4.67. The van der Waals surface area contributed by atoms with Crippen molar-refractivity contribution in [3.63, 3.8) is 0 Å². The van der Waals surface area contributed by atoms with Gasteiger partial charge in [0.2, 0.25) is 5.95 Å². The molecule has 0 atom stereocenters. The van der Waals surface area contributed by atoms with Gasteiger partial charge in [-0.05, 0) is 54.6 Å². The van der Waals surface area contributed by atoms with Crippen molar-refractivity contribution in [3.8, 4) is 0 Å². The number of hydrogen-bond donors (Lipinski definition) is 3. The molecule has 0 aliphatic rings. The average molecular weight is 496 g/mol. The highest BCUT2D eigenvalue weighted by Crippen LogP contribution is 2.32. The van der Waals surface area contributed by atoms with E-state index in [9.17, 15) is 22.4 Å². The molecular formula is C25H20F4N6O. The smallest absolute Gasteiger partial charge is 0.329 e. The third-order valence-corrected chi connectivity index (χ3v) is 5.05. The number of para-hydroxylation sites is 1. The van der Waals surface area contributed by atoms with Gasteiger partial charge in [-0.25, -0.2) is 14.2 Å². The number of alkyl halides is 3. The largest absolute Gasteiger partial charge is 0.416 e. The van der Waals surface area contributed by atoms with Crippen LogP contribution >= 0.6 is 0 Å². The second-order valence-electron chi connectivity index (χ2n) is 7.61. The molecule has 0 radical (unpaired) electrons. The van der Waals surface area contributed by atoms with Crippen LogP contribution in [0, 0.1) is 5.82 Å². The number of benzene rings is 3. The fraction of sp³-hybridized carbons (Fsp3) is 0.0800. The summed E-state index contributed by atoms with van der Waals surface area (Å²) in [6, 6.07) is 18.7. The normalized spacial score (nSPS) is 11.0. The van der Waals surface area contributed by atoms with Gasteiger partial charge in [-0.15, -0.1) is 0 Å². The van der Waals surface area contributed by atoms with Gasteiger partial charge in [-0.3, -0.25) is 0 Å². The Morgan fingerprint density at radius 2 is 1.64 bits per heavy atom. The number of nitrogens with one attached hydrogen (secondary N) is 3. The molecule has 4 aromatic rings. The molecule has 7 nitrogen and oxygen atoms in total. The highest BCUT2D eigenvalue weighted by atomic mass is 19.4. The van der Waals surface area contributed by atoms with Gasteiger partial charge in [0.1, 0.15) is 11.6 Å². The van der Waals surface area contributed by atoms with Crippen LogP contribution in [0.2, 0.25) is 0 Å². The molecule has 0 saturated heterocycles. The maximum Gasteiger partial charge on any atom is 0.416 e. The predicted molar refractivity (Wildman–Crippen MR) is 130 cm³/mol. The summed E-state index contributed by atoms with van der Waals surface area (Å²) in [5.74, 6) is -0.0336. The summed E-state index contributed by atoms with van der Waals surface area (Å²) in [5, 5.41) is 7.73. The number of amides is 2. The number of carbonyl (C=O) groups is 1. The van der Waals surface area contributed by atoms with Crippen LogP contribution < -0.4 is 20.9 Å². The summed E-state index contributed by atoms with van der Waals surface area (Å²) in [5.41, 5.74) is 0.152. The number of carbonyl (C=O) groups excluding carboxylic acids is 1. The van der Waals surface area contributed by atoms with Crippen LogP contribution in [0.25, 0.3) is 0 Å². The fourth-order valence-corrected chi connectivity index (χ4v) is 3.25. The van der Waals surface area contributed by atoms with E-state index in [-0.39, 0.29) is 0 Å². The van der Waals surface area contributed by atoms with E-state index < -0.39 is 29.3 Å². The van der Waals surface area contributed by atoms with E-state index in [0.29, 0.717) is 41.3 Å². The van der Waals surface area contributed by atoms with Gasteiger partial charge < -0.3 is 20.9 Å². The van der Waals surface area contributed by atoms with Crippen molar-refractivity contribution in [2.45, 2.75) is 6.18 Å². The Bertz CT molecular complexity index is 1360. The molecule has 36 heavy (non-hydrogen) atoms. The first-order chi connectivity index (χ1) is 17.2. The van der Waals surface area contributed by atoms with E-state index in [2.05, 4.69) is 25.9 Å². The molecule has 11 heteroatoms. The lowest BCUT2D eigenvalue weighted by atomic mass is 10.2. The van der Waals surface area contributed by atoms with E-state index in [1.165, 1.54) is 0 Å². The first kappa shape index (κ1) is 24.5. The van der Waals surface area contributed by atoms with Crippen LogP contribution in [0.1, 0.15) is 5.56 Å². The number of nitrogens with zero attached hydrogens (tertiary/aromatic N) is 3. The molecule has 3 N–H and O–H groups in total. The summed E-state index contributed by atoms with van der Waals surface area (Å²) in [6.45, 7) is 0. The van der Waals surface area contributed by atoms with Crippen molar-refractivity contribution >= 4 is 40.5 Å². The minimum Gasteiger partial charge on any atom is -0.329 e. The van der Waals surface area contributed by atoms with Gasteiger partial charge in [-0.1, -0.05) is 24.3 Å². The molecule has 4 rings (SSSR count). The van der Waals surface area contributed by atoms with Gasteiger partial charge in [0, 0.05) is 30.3 Å². The van der Waals surface area contributed by atoms with Crippen molar-refractivity contribution in [3.05, 3.63) is 96.4 Å². The van der Waals surface area contributed by atoms with Crippen LogP contribution in [0.4, 0.5) is 56.9 Å². The van der Waals surface area contributed by atoms with Crippen molar-refractivity contribution in [1.29, 1.82) is 0 Å². The molecule has 0 bridgehead atoms. The number of rotatable bonds is 6. The number of aromatic nitrogens is 2. The Kier molecular flexibility index (Phi) is 7.00. The Hall–Kier alpha value is -4.67. The van der Waals surface area contributed by atoms with Crippen molar-refractivity contribution < 1.29 is 22.4 Å². The molecule has 2 amide bonds. The number of hydrogen-bond acceptors (Lipinski definition) is 5. The van der Waals surface area contributed by atoms with Crippen molar-refractivity contribution in [2.24, 2.45) is 0 Å². The molecule has 1 heterocycles. The lowest BCUT2D eigenvalue weighted by molar-refractivity contribution is -0.137. The zero-order valence-corrected chi connectivity index (χ0v) is 18.8. The third-order valence-electron chi connectivity index (χ3n) is 5.05. The van der Waals surface area contributed by atoms with Gasteiger partial charge in [0.05, 0.1) is 11.3 Å². The van der Waals surface area contributed by atoms with E-state index in [4.69, 9.17) is 0 Å².